The fourth-order valence-corrected chi connectivity index (χ4v) is 2.33. The molecule has 3 nitrogen and oxygen atoms in total. The predicted molar refractivity (Wildman–Crippen MR) is 113 cm³/mol. The lowest BCUT2D eigenvalue weighted by molar-refractivity contribution is -0.122. The maximum Gasteiger partial charge on any atom is 0.220 e. The molecule has 1 atom stereocenters. The van der Waals surface area contributed by atoms with Crippen molar-refractivity contribution < 1.29 is 9.90 Å². The summed E-state index contributed by atoms with van der Waals surface area (Å²) in [5, 5.41) is 11.6. The zero-order valence-corrected chi connectivity index (χ0v) is 16.8. The van der Waals surface area contributed by atoms with Crippen molar-refractivity contribution in [3.05, 3.63) is 48.6 Å². The lowest BCUT2D eigenvalue weighted by Crippen LogP contribution is -2.34. The number of aliphatic hydroxyl groups is 1. The van der Waals surface area contributed by atoms with Crippen molar-refractivity contribution in [1.82, 2.24) is 5.32 Å². The molecule has 26 heavy (non-hydrogen) atoms. The summed E-state index contributed by atoms with van der Waals surface area (Å²) in [4.78, 5) is 11.5. The summed E-state index contributed by atoms with van der Waals surface area (Å²) in [6.07, 6.45) is 28.0. The minimum Gasteiger partial charge on any atom is -0.394 e. The third-order valence-electron chi connectivity index (χ3n) is 3.91. The first-order valence-corrected chi connectivity index (χ1v) is 10.2. The number of aliphatic hydroxyl groups excluding tert-OH is 1. The van der Waals surface area contributed by atoms with Crippen LogP contribution in [0.4, 0.5) is 0 Å². The van der Waals surface area contributed by atoms with Crippen LogP contribution < -0.4 is 5.32 Å². The number of unbranched alkanes of at least 4 members (excludes halogenated alkanes) is 4. The highest BCUT2D eigenvalue weighted by atomic mass is 16.3. The Kier molecular flexibility index (Phi) is 18.5. The van der Waals surface area contributed by atoms with Crippen molar-refractivity contribution in [3.8, 4) is 0 Å². The topological polar surface area (TPSA) is 49.3 Å². The molecule has 0 unspecified atom stereocenters. The Morgan fingerprint density at radius 1 is 0.846 bits per heavy atom. The van der Waals surface area contributed by atoms with Gasteiger partial charge in [-0.2, -0.15) is 0 Å². The number of hydrogen-bond donors (Lipinski definition) is 2. The van der Waals surface area contributed by atoms with E-state index in [1.807, 2.05) is 0 Å². The van der Waals surface area contributed by atoms with Crippen molar-refractivity contribution in [2.24, 2.45) is 0 Å². The number of amides is 1. The maximum atomic E-state index is 11.5. The largest absolute Gasteiger partial charge is 0.394 e. The van der Waals surface area contributed by atoms with E-state index >= 15 is 0 Å². The smallest absolute Gasteiger partial charge is 0.220 e. The Labute approximate surface area is 161 Å². The molecule has 0 spiro atoms. The minimum atomic E-state index is -0.154. The molecule has 0 fully saturated rings. The fourth-order valence-electron chi connectivity index (χ4n) is 2.33. The van der Waals surface area contributed by atoms with Crippen LogP contribution in [0, 0.1) is 0 Å². The van der Waals surface area contributed by atoms with Gasteiger partial charge in [-0.3, -0.25) is 4.79 Å². The van der Waals surface area contributed by atoms with Gasteiger partial charge in [0.15, 0.2) is 0 Å². The number of rotatable bonds is 16. The highest BCUT2D eigenvalue weighted by molar-refractivity contribution is 5.76. The standard InChI is InChI=1S/C23H39NO2/c1-3-4-5-6-7-8-9-10-11-12-13-14-15-16-17-18-19-20-23(26)24-22(2)21-25/h7-8,10-11,13-14,16-17,22,25H,3-6,9,12,15,18-21H2,1-2H3,(H,24,26)/t22-/m1/s1. The molecular formula is C23H39NO2. The highest BCUT2D eigenvalue weighted by Gasteiger charge is 2.04. The number of hydrogen-bond acceptors (Lipinski definition) is 2. The summed E-state index contributed by atoms with van der Waals surface area (Å²) >= 11 is 0. The van der Waals surface area contributed by atoms with E-state index in [0.29, 0.717) is 6.42 Å². The molecule has 148 valence electrons. The molecule has 0 saturated carbocycles. The van der Waals surface area contributed by atoms with Gasteiger partial charge in [0.1, 0.15) is 0 Å². The van der Waals surface area contributed by atoms with Crippen molar-refractivity contribution in [2.75, 3.05) is 6.61 Å². The zero-order chi connectivity index (χ0) is 19.3. The van der Waals surface area contributed by atoms with Gasteiger partial charge in [0.05, 0.1) is 6.61 Å². The molecule has 0 rings (SSSR count). The summed E-state index contributed by atoms with van der Waals surface area (Å²) in [6.45, 7) is 4.02. The van der Waals surface area contributed by atoms with Crippen LogP contribution in [-0.4, -0.2) is 23.7 Å². The molecule has 2 N–H and O–H groups in total. The van der Waals surface area contributed by atoms with Crippen LogP contribution in [0.25, 0.3) is 0 Å². The molecule has 0 aromatic heterocycles. The van der Waals surface area contributed by atoms with Crippen LogP contribution >= 0.6 is 0 Å². The Hall–Kier alpha value is -1.61. The molecule has 0 aliphatic heterocycles. The lowest BCUT2D eigenvalue weighted by Gasteiger charge is -2.09. The lowest BCUT2D eigenvalue weighted by atomic mass is 10.2. The van der Waals surface area contributed by atoms with E-state index in [1.165, 1.54) is 25.7 Å². The van der Waals surface area contributed by atoms with E-state index < -0.39 is 0 Å². The summed E-state index contributed by atoms with van der Waals surface area (Å²) in [5.41, 5.74) is 0. The summed E-state index contributed by atoms with van der Waals surface area (Å²) in [7, 11) is 0. The van der Waals surface area contributed by atoms with Crippen molar-refractivity contribution in [3.63, 3.8) is 0 Å². The number of allylic oxidation sites excluding steroid dienone is 8. The quantitative estimate of drug-likeness (QED) is 0.276. The first kappa shape index (κ1) is 24.4. The van der Waals surface area contributed by atoms with E-state index in [-0.39, 0.29) is 18.6 Å². The van der Waals surface area contributed by atoms with Crippen LogP contribution in [0.1, 0.15) is 78.1 Å². The molecule has 0 aliphatic carbocycles. The average molecular weight is 362 g/mol. The number of nitrogens with one attached hydrogen (secondary N) is 1. The summed E-state index contributed by atoms with van der Waals surface area (Å²) in [5.74, 6) is 0.0161. The van der Waals surface area contributed by atoms with Gasteiger partial charge in [-0.1, -0.05) is 68.4 Å². The third kappa shape index (κ3) is 18.7. The van der Waals surface area contributed by atoms with Gasteiger partial charge in [-0.15, -0.1) is 0 Å². The van der Waals surface area contributed by atoms with Gasteiger partial charge >= 0.3 is 0 Å². The Balaban J connectivity index is 3.50. The van der Waals surface area contributed by atoms with E-state index in [0.717, 1.165) is 32.1 Å². The second-order valence-electron chi connectivity index (χ2n) is 6.63. The minimum absolute atomic E-state index is 0.0110. The molecule has 3 heteroatoms. The first-order valence-electron chi connectivity index (χ1n) is 10.2. The molecule has 0 aromatic carbocycles. The fraction of sp³-hybridized carbons (Fsp3) is 0.609. The van der Waals surface area contributed by atoms with Crippen LogP contribution in [-0.2, 0) is 4.79 Å². The monoisotopic (exact) mass is 361 g/mol. The normalized spacial score (nSPS) is 13.5. The van der Waals surface area contributed by atoms with E-state index in [4.69, 9.17) is 5.11 Å². The molecule has 1 amide bonds. The first-order chi connectivity index (χ1) is 12.7. The van der Waals surface area contributed by atoms with Crippen LogP contribution in [0.2, 0.25) is 0 Å². The maximum absolute atomic E-state index is 11.5. The Bertz CT molecular complexity index is 435. The summed E-state index contributed by atoms with van der Waals surface area (Å²) in [6, 6.07) is -0.154. The number of carbonyl (C=O) groups is 1. The molecule has 0 bridgehead atoms. The van der Waals surface area contributed by atoms with Crippen LogP contribution in [0.5, 0.6) is 0 Å². The van der Waals surface area contributed by atoms with Crippen LogP contribution in [0.15, 0.2) is 48.6 Å². The Morgan fingerprint density at radius 2 is 1.35 bits per heavy atom. The SMILES string of the molecule is CCCCCC=CCC=CCC=CCC=CCCCC(=O)N[C@H](C)CO. The second kappa shape index (κ2) is 19.7. The van der Waals surface area contributed by atoms with Crippen molar-refractivity contribution in [1.29, 1.82) is 0 Å². The zero-order valence-electron chi connectivity index (χ0n) is 16.8. The predicted octanol–water partition coefficient (Wildman–Crippen LogP) is 5.63. The van der Waals surface area contributed by atoms with Crippen molar-refractivity contribution >= 4 is 5.91 Å². The molecule has 0 radical (unpaired) electrons. The van der Waals surface area contributed by atoms with Crippen LogP contribution in [0.3, 0.4) is 0 Å². The molecule has 0 saturated heterocycles. The van der Waals surface area contributed by atoms with Gasteiger partial charge < -0.3 is 10.4 Å². The van der Waals surface area contributed by atoms with Gasteiger partial charge in [-0.05, 0) is 51.9 Å². The summed E-state index contributed by atoms with van der Waals surface area (Å²) < 4.78 is 0. The van der Waals surface area contributed by atoms with Crippen molar-refractivity contribution in [2.45, 2.75) is 84.1 Å². The molecule has 0 aromatic rings. The van der Waals surface area contributed by atoms with Gasteiger partial charge in [0.25, 0.3) is 0 Å². The third-order valence-corrected chi connectivity index (χ3v) is 3.91. The highest BCUT2D eigenvalue weighted by Crippen LogP contribution is 2.01. The molecule has 0 heterocycles. The Morgan fingerprint density at radius 3 is 1.85 bits per heavy atom. The second-order valence-corrected chi connectivity index (χ2v) is 6.63. The van der Waals surface area contributed by atoms with Gasteiger partial charge in [0, 0.05) is 12.5 Å². The number of carbonyl (C=O) groups excluding carboxylic acids is 1. The average Bonchev–Trinajstić information content (AvgIpc) is 2.64. The molecule has 0 aliphatic rings. The van der Waals surface area contributed by atoms with Gasteiger partial charge in [-0.25, -0.2) is 0 Å². The van der Waals surface area contributed by atoms with E-state index in [9.17, 15) is 4.79 Å². The molecular weight excluding hydrogens is 322 g/mol. The van der Waals surface area contributed by atoms with E-state index in [2.05, 4.69) is 60.8 Å². The van der Waals surface area contributed by atoms with E-state index in [1.54, 1.807) is 6.92 Å². The van der Waals surface area contributed by atoms with Gasteiger partial charge in [0.2, 0.25) is 5.91 Å².